The third-order valence-corrected chi connectivity index (χ3v) is 3.56. The molecule has 0 spiro atoms. The highest BCUT2D eigenvalue weighted by Crippen LogP contribution is 2.28. The van der Waals surface area contributed by atoms with E-state index in [2.05, 4.69) is 22.8 Å². The van der Waals surface area contributed by atoms with E-state index in [1.807, 2.05) is 6.07 Å². The molecule has 2 aliphatic rings. The molecule has 0 saturated carbocycles. The molecule has 3 rings (SSSR count). The molecule has 1 N–H and O–H groups in total. The minimum Gasteiger partial charge on any atom is -0.348 e. The van der Waals surface area contributed by atoms with Gasteiger partial charge in [0.2, 0.25) is 0 Å². The highest BCUT2D eigenvalue weighted by Gasteiger charge is 2.21. The Morgan fingerprint density at radius 3 is 2.88 bits per heavy atom. The lowest BCUT2D eigenvalue weighted by Crippen LogP contribution is -2.21. The van der Waals surface area contributed by atoms with Crippen LogP contribution in [0.5, 0.6) is 0 Å². The number of hydrogen-bond acceptors (Lipinski definition) is 1. The van der Waals surface area contributed by atoms with Gasteiger partial charge in [-0.1, -0.05) is 12.1 Å². The summed E-state index contributed by atoms with van der Waals surface area (Å²) in [5.41, 5.74) is 3.39. The first-order chi connectivity index (χ1) is 7.84. The van der Waals surface area contributed by atoms with Gasteiger partial charge >= 0.3 is 0 Å². The SMILES string of the molecule is O=C1NCc2cc(C3CC[N]CC3)ccc21. The monoisotopic (exact) mass is 215 g/mol. The van der Waals surface area contributed by atoms with Crippen molar-refractivity contribution in [1.29, 1.82) is 0 Å². The molecule has 0 aliphatic carbocycles. The summed E-state index contributed by atoms with van der Waals surface area (Å²) >= 11 is 0. The zero-order chi connectivity index (χ0) is 11.0. The van der Waals surface area contributed by atoms with Crippen molar-refractivity contribution in [3.05, 3.63) is 34.9 Å². The number of nitrogens with zero attached hydrogens (tertiary/aromatic N) is 1. The van der Waals surface area contributed by atoms with Crippen molar-refractivity contribution in [2.24, 2.45) is 0 Å². The zero-order valence-electron chi connectivity index (χ0n) is 9.20. The van der Waals surface area contributed by atoms with Crippen LogP contribution in [0.3, 0.4) is 0 Å². The second kappa shape index (κ2) is 3.91. The summed E-state index contributed by atoms with van der Waals surface area (Å²) < 4.78 is 0. The molecule has 0 bridgehead atoms. The van der Waals surface area contributed by atoms with E-state index < -0.39 is 0 Å². The number of rotatable bonds is 1. The molecule has 1 radical (unpaired) electrons. The topological polar surface area (TPSA) is 43.2 Å². The second-order valence-electron chi connectivity index (χ2n) is 4.54. The number of nitrogens with one attached hydrogen (secondary N) is 1. The van der Waals surface area contributed by atoms with E-state index in [1.54, 1.807) is 0 Å². The molecule has 1 fully saturated rings. The number of carbonyl (C=O) groups excluding carboxylic acids is 1. The lowest BCUT2D eigenvalue weighted by molar-refractivity contribution is 0.0966. The van der Waals surface area contributed by atoms with Gasteiger partial charge in [0.1, 0.15) is 0 Å². The Labute approximate surface area is 95.2 Å². The van der Waals surface area contributed by atoms with Crippen LogP contribution >= 0.6 is 0 Å². The molecule has 16 heavy (non-hydrogen) atoms. The summed E-state index contributed by atoms with van der Waals surface area (Å²) in [6, 6.07) is 6.28. The first kappa shape index (κ1) is 9.85. The number of amides is 1. The fraction of sp³-hybridized carbons (Fsp3) is 0.462. The maximum absolute atomic E-state index is 11.4. The van der Waals surface area contributed by atoms with Crippen LogP contribution in [0, 0.1) is 0 Å². The van der Waals surface area contributed by atoms with E-state index in [0.717, 1.165) is 37.1 Å². The lowest BCUT2D eigenvalue weighted by Gasteiger charge is -2.22. The predicted octanol–water partition coefficient (Wildman–Crippen LogP) is 1.41. The van der Waals surface area contributed by atoms with Crippen LogP contribution < -0.4 is 10.6 Å². The van der Waals surface area contributed by atoms with Gasteiger partial charge in [-0.05, 0) is 36.0 Å². The molecular weight excluding hydrogens is 200 g/mol. The number of benzene rings is 1. The number of fused-ring (bicyclic) bond motifs is 1. The van der Waals surface area contributed by atoms with Gasteiger partial charge in [0.15, 0.2) is 0 Å². The number of hydrogen-bond donors (Lipinski definition) is 1. The molecule has 0 unspecified atom stereocenters. The average Bonchev–Trinajstić information content (AvgIpc) is 2.72. The number of piperidine rings is 1. The maximum atomic E-state index is 11.4. The average molecular weight is 215 g/mol. The Hall–Kier alpha value is -1.35. The molecule has 83 valence electrons. The Balaban J connectivity index is 1.89. The first-order valence-corrected chi connectivity index (χ1v) is 5.89. The van der Waals surface area contributed by atoms with Gasteiger partial charge in [0.25, 0.3) is 5.91 Å². The Morgan fingerprint density at radius 2 is 2.06 bits per heavy atom. The van der Waals surface area contributed by atoms with E-state index in [9.17, 15) is 4.79 Å². The van der Waals surface area contributed by atoms with Crippen LogP contribution in [-0.2, 0) is 6.54 Å². The molecule has 1 aromatic carbocycles. The van der Waals surface area contributed by atoms with Crippen molar-refractivity contribution in [2.45, 2.75) is 25.3 Å². The van der Waals surface area contributed by atoms with Gasteiger partial charge in [-0.3, -0.25) is 4.79 Å². The minimum absolute atomic E-state index is 0.0696. The van der Waals surface area contributed by atoms with Crippen molar-refractivity contribution >= 4 is 5.91 Å². The van der Waals surface area contributed by atoms with Crippen molar-refractivity contribution in [3.63, 3.8) is 0 Å². The van der Waals surface area contributed by atoms with Gasteiger partial charge in [-0.25, -0.2) is 5.32 Å². The van der Waals surface area contributed by atoms with Gasteiger partial charge in [-0.15, -0.1) is 0 Å². The normalized spacial score (nSPS) is 20.6. The molecule has 1 aromatic rings. The van der Waals surface area contributed by atoms with Gasteiger partial charge in [0.05, 0.1) is 0 Å². The summed E-state index contributed by atoms with van der Waals surface area (Å²) in [6.45, 7) is 2.66. The van der Waals surface area contributed by atoms with Gasteiger partial charge in [-0.2, -0.15) is 0 Å². The van der Waals surface area contributed by atoms with Gasteiger partial charge in [0, 0.05) is 25.2 Å². The van der Waals surface area contributed by atoms with Crippen LogP contribution in [0.2, 0.25) is 0 Å². The first-order valence-electron chi connectivity index (χ1n) is 5.89. The van der Waals surface area contributed by atoms with E-state index in [4.69, 9.17) is 0 Å². The van der Waals surface area contributed by atoms with Crippen molar-refractivity contribution in [2.75, 3.05) is 13.1 Å². The quantitative estimate of drug-likeness (QED) is 0.756. The molecule has 2 aliphatic heterocycles. The molecule has 1 amide bonds. The third kappa shape index (κ3) is 1.61. The summed E-state index contributed by atoms with van der Waals surface area (Å²) in [5, 5.41) is 7.23. The Kier molecular flexibility index (Phi) is 2.40. The van der Waals surface area contributed by atoms with Crippen LogP contribution in [-0.4, -0.2) is 19.0 Å². The molecule has 1 saturated heterocycles. The smallest absolute Gasteiger partial charge is 0.251 e. The molecular formula is C13H15N2O. The summed E-state index contributed by atoms with van der Waals surface area (Å²) in [4.78, 5) is 11.4. The fourth-order valence-electron chi connectivity index (χ4n) is 2.59. The zero-order valence-corrected chi connectivity index (χ0v) is 9.20. The largest absolute Gasteiger partial charge is 0.348 e. The lowest BCUT2D eigenvalue weighted by atomic mass is 9.88. The molecule has 3 nitrogen and oxygen atoms in total. The summed E-state index contributed by atoms with van der Waals surface area (Å²) in [5.74, 6) is 0.707. The highest BCUT2D eigenvalue weighted by molar-refractivity contribution is 5.98. The summed E-state index contributed by atoms with van der Waals surface area (Å²) in [6.07, 6.45) is 2.31. The number of carbonyl (C=O) groups is 1. The van der Waals surface area contributed by atoms with E-state index >= 15 is 0 Å². The van der Waals surface area contributed by atoms with E-state index in [0.29, 0.717) is 12.5 Å². The van der Waals surface area contributed by atoms with Crippen LogP contribution in [0.15, 0.2) is 18.2 Å². The molecule has 0 atom stereocenters. The van der Waals surface area contributed by atoms with Crippen LogP contribution in [0.4, 0.5) is 0 Å². The molecule has 3 heteroatoms. The van der Waals surface area contributed by atoms with E-state index in [-0.39, 0.29) is 5.91 Å². The molecule has 0 aromatic heterocycles. The van der Waals surface area contributed by atoms with Crippen molar-refractivity contribution in [3.8, 4) is 0 Å². The fourth-order valence-corrected chi connectivity index (χ4v) is 2.59. The van der Waals surface area contributed by atoms with Crippen LogP contribution in [0.25, 0.3) is 0 Å². The Morgan fingerprint density at radius 1 is 1.25 bits per heavy atom. The van der Waals surface area contributed by atoms with Crippen molar-refractivity contribution in [1.82, 2.24) is 10.6 Å². The maximum Gasteiger partial charge on any atom is 0.251 e. The highest BCUT2D eigenvalue weighted by atomic mass is 16.1. The predicted molar refractivity (Wildman–Crippen MR) is 61.5 cm³/mol. The third-order valence-electron chi connectivity index (χ3n) is 3.56. The van der Waals surface area contributed by atoms with Gasteiger partial charge < -0.3 is 5.32 Å². The summed E-state index contributed by atoms with van der Waals surface area (Å²) in [7, 11) is 0. The van der Waals surface area contributed by atoms with Crippen molar-refractivity contribution < 1.29 is 4.79 Å². The second-order valence-corrected chi connectivity index (χ2v) is 4.54. The van der Waals surface area contributed by atoms with Crippen LogP contribution in [0.1, 0.15) is 40.2 Å². The van der Waals surface area contributed by atoms with E-state index in [1.165, 1.54) is 5.56 Å². The molecule has 2 heterocycles. The Bertz CT molecular complexity index is 422. The standard InChI is InChI=1S/C13H15N2O/c16-13-12-2-1-10(7-11(12)8-15-13)9-3-5-14-6-4-9/h1-2,7,9H,3-6,8H2,(H,15,16). The minimum atomic E-state index is 0.0696.